The molecular weight excluding hydrogens is 326 g/mol. The minimum absolute atomic E-state index is 0.176. The smallest absolute Gasteiger partial charge is 0.338 e. The van der Waals surface area contributed by atoms with Crippen LogP contribution in [0.3, 0.4) is 0 Å². The second-order valence-corrected chi connectivity index (χ2v) is 4.19. The van der Waals surface area contributed by atoms with Crippen molar-refractivity contribution in [3.05, 3.63) is 27.2 Å². The monoisotopic (exact) mass is 334 g/mol. The van der Waals surface area contributed by atoms with Crippen molar-refractivity contribution in [2.24, 2.45) is 0 Å². The lowest BCUT2D eigenvalue weighted by molar-refractivity contribution is 0.0526. The molecule has 16 heavy (non-hydrogen) atoms. The van der Waals surface area contributed by atoms with E-state index in [1.807, 2.05) is 22.6 Å². The number of aromatic amines is 1. The van der Waals surface area contributed by atoms with Crippen LogP contribution >= 0.6 is 22.6 Å². The summed E-state index contributed by atoms with van der Waals surface area (Å²) < 4.78 is 19.1. The topological polar surface area (TPSA) is 55.0 Å². The molecule has 0 amide bonds. The van der Waals surface area contributed by atoms with Gasteiger partial charge in [0.05, 0.1) is 23.1 Å². The van der Waals surface area contributed by atoms with Crippen molar-refractivity contribution in [1.29, 1.82) is 0 Å². The molecule has 2 rings (SSSR count). The molecule has 0 radical (unpaired) electrons. The average molecular weight is 334 g/mol. The van der Waals surface area contributed by atoms with Gasteiger partial charge in [0.2, 0.25) is 0 Å². The van der Waals surface area contributed by atoms with Crippen molar-refractivity contribution in [2.45, 2.75) is 6.92 Å². The van der Waals surface area contributed by atoms with Gasteiger partial charge in [0.25, 0.3) is 0 Å². The van der Waals surface area contributed by atoms with E-state index in [9.17, 15) is 9.18 Å². The molecule has 0 aliphatic rings. The highest BCUT2D eigenvalue weighted by atomic mass is 127. The summed E-state index contributed by atoms with van der Waals surface area (Å²) in [4.78, 5) is 11.4. The Balaban J connectivity index is 2.54. The summed E-state index contributed by atoms with van der Waals surface area (Å²) in [5.41, 5.74) is 0.599. The van der Waals surface area contributed by atoms with E-state index in [-0.39, 0.29) is 12.2 Å². The minimum Gasteiger partial charge on any atom is -0.462 e. The number of rotatable bonds is 2. The summed E-state index contributed by atoms with van der Waals surface area (Å²) in [6, 6.07) is 2.67. The molecule has 6 heteroatoms. The summed E-state index contributed by atoms with van der Waals surface area (Å²) in [6.45, 7) is 1.96. The first kappa shape index (κ1) is 11.3. The van der Waals surface area contributed by atoms with E-state index in [2.05, 4.69) is 10.2 Å². The van der Waals surface area contributed by atoms with Gasteiger partial charge in [-0.3, -0.25) is 5.10 Å². The highest BCUT2D eigenvalue weighted by molar-refractivity contribution is 14.1. The van der Waals surface area contributed by atoms with Gasteiger partial charge in [0.15, 0.2) is 0 Å². The molecular formula is C10H8FIN2O2. The van der Waals surface area contributed by atoms with Gasteiger partial charge < -0.3 is 4.74 Å². The lowest BCUT2D eigenvalue weighted by atomic mass is 10.1. The second-order valence-electron chi connectivity index (χ2n) is 3.11. The van der Waals surface area contributed by atoms with Crippen molar-refractivity contribution < 1.29 is 13.9 Å². The lowest BCUT2D eigenvalue weighted by Crippen LogP contribution is -2.05. The normalized spacial score (nSPS) is 10.7. The zero-order valence-electron chi connectivity index (χ0n) is 8.38. The van der Waals surface area contributed by atoms with Crippen molar-refractivity contribution >= 4 is 39.5 Å². The maximum atomic E-state index is 13.7. The Hall–Kier alpha value is -1.18. The molecule has 0 aliphatic heterocycles. The Morgan fingerprint density at radius 2 is 2.38 bits per heavy atom. The zero-order valence-corrected chi connectivity index (χ0v) is 10.5. The van der Waals surface area contributed by atoms with Crippen molar-refractivity contribution in [3.8, 4) is 0 Å². The molecule has 1 aromatic heterocycles. The summed E-state index contributed by atoms with van der Waals surface area (Å²) in [5, 5.41) is 6.96. The molecule has 0 aliphatic carbocycles. The first-order chi connectivity index (χ1) is 7.63. The molecule has 2 aromatic rings. The van der Waals surface area contributed by atoms with Crippen LogP contribution in [0.2, 0.25) is 0 Å². The fourth-order valence-electron chi connectivity index (χ4n) is 1.40. The van der Waals surface area contributed by atoms with Gasteiger partial charge in [0.1, 0.15) is 9.52 Å². The minimum atomic E-state index is -0.540. The fourth-order valence-corrected chi connectivity index (χ4v) is 2.05. The maximum Gasteiger partial charge on any atom is 0.338 e. The number of esters is 1. The molecule has 0 saturated carbocycles. The average Bonchev–Trinajstić information content (AvgIpc) is 2.61. The van der Waals surface area contributed by atoms with E-state index < -0.39 is 11.8 Å². The predicted octanol–water partition coefficient (Wildman–Crippen LogP) is 2.48. The molecule has 0 unspecified atom stereocenters. The molecule has 84 valence electrons. The number of hydrogen-bond donors (Lipinski definition) is 1. The Morgan fingerprint density at radius 3 is 3.06 bits per heavy atom. The number of fused-ring (bicyclic) bond motifs is 1. The molecule has 1 heterocycles. The second kappa shape index (κ2) is 4.36. The molecule has 0 saturated heterocycles. The van der Waals surface area contributed by atoms with Crippen LogP contribution in [0.15, 0.2) is 12.1 Å². The number of carbonyl (C=O) groups excluding carboxylic acids is 1. The molecule has 1 N–H and O–H groups in total. The van der Waals surface area contributed by atoms with Crippen LogP contribution in [0.4, 0.5) is 4.39 Å². The van der Waals surface area contributed by atoms with Gasteiger partial charge in [-0.1, -0.05) is 0 Å². The molecule has 4 nitrogen and oxygen atoms in total. The van der Waals surface area contributed by atoms with E-state index in [4.69, 9.17) is 4.74 Å². The summed E-state index contributed by atoms with van der Waals surface area (Å²) >= 11 is 1.95. The number of halogens is 2. The van der Waals surface area contributed by atoms with Gasteiger partial charge in [-0.2, -0.15) is 5.10 Å². The standard InChI is InChI=1S/C10H8FIN2O2/c1-2-16-10(15)5-3-6(11)8-7(4-5)13-14-9(8)12/h3-4H,2H2,1H3,(H,13,14). The largest absolute Gasteiger partial charge is 0.462 e. The van der Waals surface area contributed by atoms with Crippen LogP contribution in [0, 0.1) is 9.52 Å². The Morgan fingerprint density at radius 1 is 1.62 bits per heavy atom. The number of aromatic nitrogens is 2. The third kappa shape index (κ3) is 1.89. The predicted molar refractivity (Wildman–Crippen MR) is 64.7 cm³/mol. The molecule has 0 spiro atoms. The number of hydrogen-bond acceptors (Lipinski definition) is 3. The van der Waals surface area contributed by atoms with Crippen molar-refractivity contribution in [3.63, 3.8) is 0 Å². The van der Waals surface area contributed by atoms with Crippen LogP contribution in [0.1, 0.15) is 17.3 Å². The van der Waals surface area contributed by atoms with Gasteiger partial charge in [-0.25, -0.2) is 9.18 Å². The first-order valence-corrected chi connectivity index (χ1v) is 5.71. The van der Waals surface area contributed by atoms with Crippen molar-refractivity contribution in [1.82, 2.24) is 10.2 Å². The number of nitrogens with zero attached hydrogens (tertiary/aromatic N) is 1. The SMILES string of the molecule is CCOC(=O)c1cc(F)c2c(I)[nH]nc2c1. The summed E-state index contributed by atoms with van der Waals surface area (Å²) in [5.74, 6) is -1.01. The number of ether oxygens (including phenoxy) is 1. The van der Waals surface area contributed by atoms with Crippen molar-refractivity contribution in [2.75, 3.05) is 6.61 Å². The molecule has 0 bridgehead atoms. The molecule has 0 atom stereocenters. The number of nitrogens with one attached hydrogen (secondary N) is 1. The lowest BCUT2D eigenvalue weighted by Gasteiger charge is -2.02. The first-order valence-electron chi connectivity index (χ1n) is 4.63. The van der Waals surface area contributed by atoms with Gasteiger partial charge in [-0.15, -0.1) is 0 Å². The number of carbonyl (C=O) groups is 1. The van der Waals surface area contributed by atoms with Crippen LogP contribution < -0.4 is 0 Å². The summed E-state index contributed by atoms with van der Waals surface area (Å²) in [7, 11) is 0. The van der Waals surface area contributed by atoms with Gasteiger partial charge >= 0.3 is 5.97 Å². The highest BCUT2D eigenvalue weighted by Gasteiger charge is 2.14. The van der Waals surface area contributed by atoms with E-state index >= 15 is 0 Å². The van der Waals surface area contributed by atoms with Gasteiger partial charge in [0, 0.05) is 0 Å². The van der Waals surface area contributed by atoms with E-state index in [0.717, 1.165) is 6.07 Å². The van der Waals surface area contributed by atoms with Gasteiger partial charge in [-0.05, 0) is 41.6 Å². The van der Waals surface area contributed by atoms with E-state index in [1.165, 1.54) is 6.07 Å². The Bertz CT molecular complexity index is 553. The van der Waals surface area contributed by atoms with E-state index in [0.29, 0.717) is 14.6 Å². The zero-order chi connectivity index (χ0) is 11.7. The third-order valence-corrected chi connectivity index (χ3v) is 2.86. The number of benzene rings is 1. The maximum absolute atomic E-state index is 13.7. The Kier molecular flexibility index (Phi) is 3.08. The number of H-pyrrole nitrogens is 1. The van der Waals surface area contributed by atoms with Crippen LogP contribution in [0.5, 0.6) is 0 Å². The molecule has 1 aromatic carbocycles. The van der Waals surface area contributed by atoms with E-state index in [1.54, 1.807) is 6.92 Å². The van der Waals surface area contributed by atoms with Crippen LogP contribution in [0.25, 0.3) is 10.9 Å². The quantitative estimate of drug-likeness (QED) is 0.678. The highest BCUT2D eigenvalue weighted by Crippen LogP contribution is 2.23. The van der Waals surface area contributed by atoms with Crippen LogP contribution in [-0.2, 0) is 4.74 Å². The molecule has 0 fully saturated rings. The fraction of sp³-hybridized carbons (Fsp3) is 0.200. The summed E-state index contributed by atoms with van der Waals surface area (Å²) in [6.07, 6.45) is 0. The Labute approximate surface area is 104 Å². The third-order valence-electron chi connectivity index (χ3n) is 2.07. The van der Waals surface area contributed by atoms with Crippen LogP contribution in [-0.4, -0.2) is 22.8 Å².